The highest BCUT2D eigenvalue weighted by atomic mass is 35.5. The van der Waals surface area contributed by atoms with Gasteiger partial charge in [0.1, 0.15) is 12.4 Å². The number of hydrazone groups is 1. The van der Waals surface area contributed by atoms with E-state index in [-0.39, 0.29) is 12.5 Å². The lowest BCUT2D eigenvalue weighted by Gasteiger charge is -2.12. The summed E-state index contributed by atoms with van der Waals surface area (Å²) in [5, 5.41) is 8.01. The number of carbonyl (C=O) groups is 2. The molecule has 8 nitrogen and oxygen atoms in total. The summed E-state index contributed by atoms with van der Waals surface area (Å²) < 4.78 is 16.8. The molecule has 4 aromatic rings. The molecule has 2 N–H and O–H groups in total. The molecule has 4 rings (SSSR count). The van der Waals surface area contributed by atoms with Crippen molar-refractivity contribution in [1.82, 2.24) is 5.43 Å². The molecule has 2 amide bonds. The van der Waals surface area contributed by atoms with Crippen LogP contribution in [0.5, 0.6) is 17.2 Å². The number of benzene rings is 4. The number of carbonyl (C=O) groups excluding carboxylic acids is 2. The van der Waals surface area contributed by atoms with Crippen molar-refractivity contribution in [2.75, 3.05) is 19.0 Å². The summed E-state index contributed by atoms with van der Waals surface area (Å²) in [7, 11) is 1.56. The zero-order chi connectivity index (χ0) is 29.2. The Morgan fingerprint density at radius 1 is 0.805 bits per heavy atom. The van der Waals surface area contributed by atoms with Crippen molar-refractivity contribution >= 4 is 46.4 Å². The number of hydrogen-bond acceptors (Lipinski definition) is 6. The Morgan fingerprint density at radius 2 is 1.51 bits per heavy atom. The Hall–Kier alpha value is -4.53. The van der Waals surface area contributed by atoms with Crippen LogP contribution in [0, 0.1) is 0 Å². The molecule has 0 aromatic heterocycles. The minimum absolute atomic E-state index is 0.208. The van der Waals surface area contributed by atoms with Crippen LogP contribution in [0.2, 0.25) is 10.0 Å². The zero-order valence-corrected chi connectivity index (χ0v) is 23.8. The van der Waals surface area contributed by atoms with E-state index < -0.39 is 5.91 Å². The van der Waals surface area contributed by atoms with E-state index in [9.17, 15) is 9.59 Å². The van der Waals surface area contributed by atoms with Gasteiger partial charge in [0.05, 0.1) is 17.8 Å². The highest BCUT2D eigenvalue weighted by molar-refractivity contribution is 6.32. The molecular weight excluding hydrogens is 565 g/mol. The largest absolute Gasteiger partial charge is 0.493 e. The molecule has 0 aliphatic heterocycles. The lowest BCUT2D eigenvalue weighted by molar-refractivity contribution is -0.118. The monoisotopic (exact) mass is 591 g/mol. The first kappa shape index (κ1) is 29.5. The Labute approximate surface area is 247 Å². The quantitative estimate of drug-likeness (QED) is 0.148. The standard InChI is InChI=1S/C31H27Cl2N3O5/c1-20(23-11-16-28(29(17-23)39-2)40-18-21-7-12-24(32)13-8-21)35-36-31(38)22-9-14-25(15-10-22)34-30(37)19-41-27-6-4-3-5-26(27)33/h3-17H,18-19H2,1-2H3,(H,34,37)(H,36,38)/b35-20-. The Morgan fingerprint density at radius 3 is 2.22 bits per heavy atom. The molecule has 4 aromatic carbocycles. The lowest BCUT2D eigenvalue weighted by Crippen LogP contribution is -2.21. The van der Waals surface area contributed by atoms with E-state index in [0.29, 0.717) is 50.9 Å². The second-order valence-electron chi connectivity index (χ2n) is 8.76. The first-order valence-corrected chi connectivity index (χ1v) is 13.3. The van der Waals surface area contributed by atoms with Crippen molar-refractivity contribution in [3.63, 3.8) is 0 Å². The van der Waals surface area contributed by atoms with E-state index in [1.54, 1.807) is 74.7 Å². The molecule has 0 saturated carbocycles. The van der Waals surface area contributed by atoms with E-state index in [2.05, 4.69) is 15.8 Å². The highest BCUT2D eigenvalue weighted by Gasteiger charge is 2.11. The van der Waals surface area contributed by atoms with Gasteiger partial charge < -0.3 is 19.5 Å². The predicted octanol–water partition coefficient (Wildman–Crippen LogP) is 6.75. The highest BCUT2D eigenvalue weighted by Crippen LogP contribution is 2.29. The summed E-state index contributed by atoms with van der Waals surface area (Å²) in [6, 6.07) is 26.1. The van der Waals surface area contributed by atoms with E-state index in [1.165, 1.54) is 0 Å². The number of anilines is 1. The topological polar surface area (TPSA) is 98.2 Å². The van der Waals surface area contributed by atoms with Gasteiger partial charge in [-0.05, 0) is 79.2 Å². The van der Waals surface area contributed by atoms with Crippen molar-refractivity contribution < 1.29 is 23.8 Å². The molecule has 0 unspecified atom stereocenters. The fourth-order valence-electron chi connectivity index (χ4n) is 3.62. The molecular formula is C31H27Cl2N3O5. The van der Waals surface area contributed by atoms with Gasteiger partial charge >= 0.3 is 0 Å². The van der Waals surface area contributed by atoms with Crippen LogP contribution in [0.25, 0.3) is 0 Å². The minimum atomic E-state index is -0.404. The van der Waals surface area contributed by atoms with E-state index >= 15 is 0 Å². The third-order valence-corrected chi connectivity index (χ3v) is 6.40. The maximum atomic E-state index is 12.6. The lowest BCUT2D eigenvalue weighted by atomic mass is 10.1. The predicted molar refractivity (Wildman–Crippen MR) is 160 cm³/mol. The average Bonchev–Trinajstić information content (AvgIpc) is 2.99. The zero-order valence-electron chi connectivity index (χ0n) is 22.3. The molecule has 0 aliphatic rings. The number of ether oxygens (including phenoxy) is 3. The summed E-state index contributed by atoms with van der Waals surface area (Å²) in [5.74, 6) is 0.764. The van der Waals surface area contributed by atoms with Gasteiger partial charge in [-0.15, -0.1) is 0 Å². The SMILES string of the molecule is COc1cc(/C(C)=N\NC(=O)c2ccc(NC(=O)COc3ccccc3Cl)cc2)ccc1OCc1ccc(Cl)cc1. The van der Waals surface area contributed by atoms with Crippen LogP contribution in [0.1, 0.15) is 28.4 Å². The van der Waals surface area contributed by atoms with E-state index in [0.717, 1.165) is 11.1 Å². The van der Waals surface area contributed by atoms with Gasteiger partial charge in [-0.2, -0.15) is 5.10 Å². The molecule has 10 heteroatoms. The first-order chi connectivity index (χ1) is 19.8. The van der Waals surface area contributed by atoms with Crippen LogP contribution in [-0.4, -0.2) is 31.2 Å². The number of halogens is 2. The second kappa shape index (κ2) is 14.2. The number of para-hydroxylation sites is 1. The van der Waals surface area contributed by atoms with E-state index in [1.807, 2.05) is 30.3 Å². The van der Waals surface area contributed by atoms with Crippen molar-refractivity contribution in [2.24, 2.45) is 5.10 Å². The molecule has 0 heterocycles. The minimum Gasteiger partial charge on any atom is -0.493 e. The number of hydrogen-bond donors (Lipinski definition) is 2. The number of nitrogens with one attached hydrogen (secondary N) is 2. The molecule has 41 heavy (non-hydrogen) atoms. The van der Waals surface area contributed by atoms with Crippen LogP contribution < -0.4 is 25.0 Å². The summed E-state index contributed by atoms with van der Waals surface area (Å²) in [5.41, 5.74) is 5.73. The molecule has 0 atom stereocenters. The number of nitrogens with zero attached hydrogens (tertiary/aromatic N) is 1. The molecule has 210 valence electrons. The molecule has 0 spiro atoms. The number of amides is 2. The van der Waals surface area contributed by atoms with Crippen LogP contribution in [-0.2, 0) is 11.4 Å². The van der Waals surface area contributed by atoms with Gasteiger partial charge in [0.15, 0.2) is 18.1 Å². The third-order valence-electron chi connectivity index (χ3n) is 5.84. The summed E-state index contributed by atoms with van der Waals surface area (Å²) in [6.07, 6.45) is 0. The van der Waals surface area contributed by atoms with Crippen molar-refractivity contribution in [3.8, 4) is 17.2 Å². The van der Waals surface area contributed by atoms with Crippen molar-refractivity contribution in [2.45, 2.75) is 13.5 Å². The van der Waals surface area contributed by atoms with Gasteiger partial charge in [-0.3, -0.25) is 9.59 Å². The third kappa shape index (κ3) is 8.48. The van der Waals surface area contributed by atoms with Crippen LogP contribution in [0.15, 0.2) is 96.1 Å². The summed E-state index contributed by atoms with van der Waals surface area (Å²) in [4.78, 5) is 24.8. The van der Waals surface area contributed by atoms with Gasteiger partial charge in [0, 0.05) is 21.8 Å². The Balaban J connectivity index is 1.30. The molecule has 0 radical (unpaired) electrons. The van der Waals surface area contributed by atoms with Crippen molar-refractivity contribution in [3.05, 3.63) is 118 Å². The van der Waals surface area contributed by atoms with Crippen molar-refractivity contribution in [1.29, 1.82) is 0 Å². The average molecular weight is 592 g/mol. The van der Waals surface area contributed by atoms with Gasteiger partial charge in [-0.1, -0.05) is 47.5 Å². The maximum absolute atomic E-state index is 12.6. The van der Waals surface area contributed by atoms with Gasteiger partial charge in [0.25, 0.3) is 11.8 Å². The van der Waals surface area contributed by atoms with Gasteiger partial charge in [0.2, 0.25) is 0 Å². The first-order valence-electron chi connectivity index (χ1n) is 12.5. The fourth-order valence-corrected chi connectivity index (χ4v) is 3.94. The smallest absolute Gasteiger partial charge is 0.271 e. The molecule has 0 saturated heterocycles. The second-order valence-corrected chi connectivity index (χ2v) is 9.61. The number of rotatable bonds is 11. The van der Waals surface area contributed by atoms with Gasteiger partial charge in [-0.25, -0.2) is 5.43 Å². The molecule has 0 bridgehead atoms. The fraction of sp³-hybridized carbons (Fsp3) is 0.129. The summed E-state index contributed by atoms with van der Waals surface area (Å²) in [6.45, 7) is 1.92. The van der Waals surface area contributed by atoms with Crippen LogP contribution in [0.3, 0.4) is 0 Å². The van der Waals surface area contributed by atoms with E-state index in [4.69, 9.17) is 37.4 Å². The number of methoxy groups -OCH3 is 1. The Bertz CT molecular complexity index is 1540. The summed E-state index contributed by atoms with van der Waals surface area (Å²) >= 11 is 12.0. The normalized spacial score (nSPS) is 11.0. The maximum Gasteiger partial charge on any atom is 0.271 e. The Kier molecular flexibility index (Phi) is 10.2. The van der Waals surface area contributed by atoms with Crippen LogP contribution >= 0.6 is 23.2 Å². The van der Waals surface area contributed by atoms with Crippen LogP contribution in [0.4, 0.5) is 5.69 Å². The molecule has 0 fully saturated rings. The molecule has 0 aliphatic carbocycles.